The van der Waals surface area contributed by atoms with Crippen LogP contribution in [0.3, 0.4) is 0 Å². The average Bonchev–Trinajstić information content (AvgIpc) is 3.42. The number of fused-ring (bicyclic) bond motifs is 1. The van der Waals surface area contributed by atoms with E-state index in [0.29, 0.717) is 29.9 Å². The summed E-state index contributed by atoms with van der Waals surface area (Å²) in [5.74, 6) is -1.95. The van der Waals surface area contributed by atoms with E-state index >= 15 is 8.78 Å². The maximum absolute atomic E-state index is 15.2. The van der Waals surface area contributed by atoms with Gasteiger partial charge in [0.15, 0.2) is 11.6 Å². The van der Waals surface area contributed by atoms with Crippen LogP contribution in [0.4, 0.5) is 8.78 Å². The molecule has 156 valence electrons. The van der Waals surface area contributed by atoms with E-state index in [4.69, 9.17) is 16.2 Å². The average molecular weight is 429 g/mol. The molecule has 8 heteroatoms. The van der Waals surface area contributed by atoms with Crippen molar-refractivity contribution in [1.82, 2.24) is 9.97 Å². The number of nitrogens with two attached hydrogens (primary N) is 2. The Kier molecular flexibility index (Phi) is 5.66. The molecule has 4 aromatic rings. The first-order valence-corrected chi connectivity index (χ1v) is 10.4. The molecule has 5 nitrogen and oxygen atoms in total. The van der Waals surface area contributed by atoms with E-state index in [2.05, 4.69) is 9.97 Å². The number of aromatic amines is 1. The zero-order valence-electron chi connectivity index (χ0n) is 16.4. The summed E-state index contributed by atoms with van der Waals surface area (Å²) in [6.07, 6.45) is 1.56. The third-order valence-corrected chi connectivity index (χ3v) is 6.14. The number of benzene rings is 2. The minimum absolute atomic E-state index is 0.00547. The zero-order valence-corrected chi connectivity index (χ0v) is 17.2. The molecule has 0 spiro atoms. The molecule has 0 saturated carbocycles. The first kappa shape index (κ1) is 20.6. The smallest absolute Gasteiger partial charge is 0.167 e. The molecule has 0 aliphatic heterocycles. The fourth-order valence-corrected chi connectivity index (χ4v) is 4.33. The van der Waals surface area contributed by atoms with Crippen molar-refractivity contribution in [3.8, 4) is 11.1 Å². The van der Waals surface area contributed by atoms with E-state index in [1.807, 2.05) is 13.0 Å². The Balaban J connectivity index is 1.75. The molecule has 0 saturated heterocycles. The monoisotopic (exact) mass is 428 g/mol. The molecule has 0 amide bonds. The highest BCUT2D eigenvalue weighted by Crippen LogP contribution is 2.35. The topological polar surface area (TPSA) is 90.0 Å². The number of hydrogen-bond donors (Lipinski definition) is 3. The van der Waals surface area contributed by atoms with Crippen LogP contribution in [-0.2, 0) is 16.9 Å². The van der Waals surface area contributed by atoms with Crippen LogP contribution in [-0.4, -0.2) is 23.1 Å². The summed E-state index contributed by atoms with van der Waals surface area (Å²) in [5.41, 5.74) is 13.9. The van der Waals surface area contributed by atoms with Crippen molar-refractivity contribution >= 4 is 22.4 Å². The lowest BCUT2D eigenvalue weighted by molar-refractivity contribution is 0.136. The van der Waals surface area contributed by atoms with Crippen LogP contribution in [0.5, 0.6) is 0 Å². The molecule has 30 heavy (non-hydrogen) atoms. The predicted octanol–water partition coefficient (Wildman–Crippen LogP) is 4.27. The fraction of sp³-hybridized carbons (Fsp3) is 0.227. The standard InChI is InChI=1S/C22H22F2N4OS/c1-2-29-9-15-7-13(10-30-15)16-4-5-17(21(24)20(16)23)22(26,11-25)14-3-6-18-19(8-14)28-12-27-18/h3-8,10,12H,2,9,11,25-26H2,1H3,(H,27,28)/t22-/m0/s1. The number of ether oxygens (including phenoxy) is 1. The quantitative estimate of drug-likeness (QED) is 0.410. The first-order chi connectivity index (χ1) is 14.5. The van der Waals surface area contributed by atoms with Crippen molar-refractivity contribution in [3.05, 3.63) is 75.7 Å². The molecule has 0 aliphatic rings. The highest BCUT2D eigenvalue weighted by atomic mass is 32.1. The second-order valence-corrected chi connectivity index (χ2v) is 8.03. The molecule has 0 aliphatic carbocycles. The number of H-pyrrole nitrogens is 1. The number of aromatic nitrogens is 2. The van der Waals surface area contributed by atoms with Crippen molar-refractivity contribution < 1.29 is 13.5 Å². The summed E-state index contributed by atoms with van der Waals surface area (Å²) in [6.45, 7) is 2.84. The van der Waals surface area contributed by atoms with Crippen LogP contribution in [0.15, 0.2) is 48.1 Å². The van der Waals surface area contributed by atoms with Gasteiger partial charge in [0.25, 0.3) is 0 Å². The number of rotatable bonds is 7. The van der Waals surface area contributed by atoms with Gasteiger partial charge in [0, 0.05) is 29.2 Å². The molecule has 2 heterocycles. The number of thiophene rings is 1. The van der Waals surface area contributed by atoms with Crippen molar-refractivity contribution in [2.24, 2.45) is 11.5 Å². The van der Waals surface area contributed by atoms with E-state index < -0.39 is 17.2 Å². The van der Waals surface area contributed by atoms with Crippen molar-refractivity contribution in [2.45, 2.75) is 19.1 Å². The second-order valence-electron chi connectivity index (χ2n) is 7.04. The molecule has 0 bridgehead atoms. The minimum Gasteiger partial charge on any atom is -0.376 e. The lowest BCUT2D eigenvalue weighted by Crippen LogP contribution is -2.46. The second kappa shape index (κ2) is 8.23. The van der Waals surface area contributed by atoms with Crippen LogP contribution < -0.4 is 11.5 Å². The van der Waals surface area contributed by atoms with Gasteiger partial charge in [-0.1, -0.05) is 18.2 Å². The lowest BCUT2D eigenvalue weighted by atomic mass is 9.82. The molecular weight excluding hydrogens is 406 g/mol. The van der Waals surface area contributed by atoms with Gasteiger partial charge >= 0.3 is 0 Å². The Labute approximate surface area is 176 Å². The van der Waals surface area contributed by atoms with E-state index in [-0.39, 0.29) is 17.7 Å². The maximum atomic E-state index is 15.2. The molecule has 0 radical (unpaired) electrons. The van der Waals surface area contributed by atoms with Crippen LogP contribution in [0.2, 0.25) is 0 Å². The normalized spacial score (nSPS) is 13.6. The summed E-state index contributed by atoms with van der Waals surface area (Å²) >= 11 is 1.44. The van der Waals surface area contributed by atoms with Gasteiger partial charge in [-0.15, -0.1) is 11.3 Å². The van der Waals surface area contributed by atoms with E-state index in [1.165, 1.54) is 17.4 Å². The van der Waals surface area contributed by atoms with Crippen molar-refractivity contribution in [3.63, 3.8) is 0 Å². The van der Waals surface area contributed by atoms with Gasteiger partial charge in [0.05, 0.1) is 29.5 Å². The van der Waals surface area contributed by atoms with Gasteiger partial charge in [-0.25, -0.2) is 13.8 Å². The third-order valence-electron chi connectivity index (χ3n) is 5.23. The molecule has 1 atom stereocenters. The zero-order chi connectivity index (χ0) is 21.3. The number of halogens is 2. The van der Waals surface area contributed by atoms with E-state index in [0.717, 1.165) is 10.4 Å². The first-order valence-electron chi connectivity index (χ1n) is 9.54. The van der Waals surface area contributed by atoms with Gasteiger partial charge < -0.3 is 21.2 Å². The lowest BCUT2D eigenvalue weighted by Gasteiger charge is -2.30. The van der Waals surface area contributed by atoms with Gasteiger partial charge in [0.1, 0.15) is 0 Å². The Bertz CT molecular complexity index is 1190. The Morgan fingerprint density at radius 1 is 1.17 bits per heavy atom. The van der Waals surface area contributed by atoms with Crippen LogP contribution in [0, 0.1) is 11.6 Å². The van der Waals surface area contributed by atoms with Crippen molar-refractivity contribution in [1.29, 1.82) is 0 Å². The summed E-state index contributed by atoms with van der Waals surface area (Å²) in [5, 5.41) is 1.79. The van der Waals surface area contributed by atoms with E-state index in [9.17, 15) is 0 Å². The number of nitrogens with zero attached hydrogens (tertiary/aromatic N) is 1. The summed E-state index contributed by atoms with van der Waals surface area (Å²) in [7, 11) is 0. The fourth-order valence-electron chi connectivity index (χ4n) is 3.51. The van der Waals surface area contributed by atoms with Crippen molar-refractivity contribution in [2.75, 3.05) is 13.2 Å². The summed E-state index contributed by atoms with van der Waals surface area (Å²) in [6, 6.07) is 10.1. The Hall–Kier alpha value is -2.65. The van der Waals surface area contributed by atoms with Crippen LogP contribution in [0.1, 0.15) is 22.9 Å². The molecular formula is C22H22F2N4OS. The van der Waals surface area contributed by atoms with Gasteiger partial charge in [-0.2, -0.15) is 0 Å². The molecule has 0 unspecified atom stereocenters. The summed E-state index contributed by atoms with van der Waals surface area (Å²) < 4.78 is 35.7. The predicted molar refractivity (Wildman–Crippen MR) is 115 cm³/mol. The minimum atomic E-state index is -1.40. The van der Waals surface area contributed by atoms with Gasteiger partial charge in [-0.3, -0.25) is 0 Å². The van der Waals surface area contributed by atoms with Crippen LogP contribution >= 0.6 is 11.3 Å². The number of imidazole rings is 1. The Morgan fingerprint density at radius 2 is 2.00 bits per heavy atom. The molecule has 0 fully saturated rings. The highest BCUT2D eigenvalue weighted by Gasteiger charge is 2.33. The van der Waals surface area contributed by atoms with Crippen LogP contribution in [0.25, 0.3) is 22.2 Å². The van der Waals surface area contributed by atoms with Gasteiger partial charge in [0.2, 0.25) is 0 Å². The largest absolute Gasteiger partial charge is 0.376 e. The maximum Gasteiger partial charge on any atom is 0.167 e. The molecule has 2 aromatic heterocycles. The molecule has 4 rings (SSSR count). The third kappa shape index (κ3) is 3.52. The summed E-state index contributed by atoms with van der Waals surface area (Å²) in [4.78, 5) is 8.14. The molecule has 5 N–H and O–H groups in total. The highest BCUT2D eigenvalue weighted by molar-refractivity contribution is 7.10. The number of hydrogen-bond acceptors (Lipinski definition) is 5. The van der Waals surface area contributed by atoms with Gasteiger partial charge in [-0.05, 0) is 41.6 Å². The number of nitrogens with one attached hydrogen (secondary N) is 1. The van der Waals surface area contributed by atoms with E-state index in [1.54, 1.807) is 36.0 Å². The SMILES string of the molecule is CCOCc1cc(-c2ccc([C@](N)(CN)c3ccc4[nH]cnc4c3)c(F)c2F)cs1. The molecule has 2 aromatic carbocycles. The Morgan fingerprint density at radius 3 is 2.77 bits per heavy atom.